The summed E-state index contributed by atoms with van der Waals surface area (Å²) in [6.07, 6.45) is -0.375. The van der Waals surface area contributed by atoms with Gasteiger partial charge in [-0.3, -0.25) is 4.90 Å². The van der Waals surface area contributed by atoms with E-state index in [1.807, 2.05) is 0 Å². The number of carbonyl (C=O) groups is 1. The Bertz CT molecular complexity index is 485. The molecule has 1 aliphatic heterocycles. The zero-order valence-electron chi connectivity index (χ0n) is 11.9. The number of aliphatic hydroxyl groups is 1. The third kappa shape index (κ3) is 4.84. The van der Waals surface area contributed by atoms with Crippen LogP contribution in [0.25, 0.3) is 0 Å². The topological polar surface area (TPSA) is 55.8 Å². The maximum atomic E-state index is 13.2. The van der Waals surface area contributed by atoms with Crippen LogP contribution in [0.2, 0.25) is 5.02 Å². The molecule has 0 spiro atoms. The predicted octanol–water partition coefficient (Wildman–Crippen LogP) is 2.01. The summed E-state index contributed by atoms with van der Waals surface area (Å²) < 4.78 is 13.2. The Kier molecular flexibility index (Phi) is 5.39. The van der Waals surface area contributed by atoms with Gasteiger partial charge in [0.15, 0.2) is 0 Å². The number of aliphatic hydroxyl groups excluding tert-OH is 1. The molecule has 0 unspecified atom stereocenters. The highest BCUT2D eigenvalue weighted by atomic mass is 35.5. The van der Waals surface area contributed by atoms with Gasteiger partial charge in [0.05, 0.1) is 6.10 Å². The minimum atomic E-state index is -0.487. The molecule has 1 aliphatic rings. The number of halogens is 2. The molecule has 2 N–H and O–H groups in total. The fraction of sp³-hybridized carbons (Fsp3) is 0.500. The molecule has 0 aliphatic carbocycles. The number of amides is 2. The molecule has 1 aromatic rings. The zero-order chi connectivity index (χ0) is 15.4. The minimum Gasteiger partial charge on any atom is -0.392 e. The van der Waals surface area contributed by atoms with Gasteiger partial charge in [-0.1, -0.05) is 11.6 Å². The monoisotopic (exact) mass is 315 g/mol. The Morgan fingerprint density at radius 3 is 2.62 bits per heavy atom. The molecular formula is C14H19ClFN3O2. The summed E-state index contributed by atoms with van der Waals surface area (Å²) in [5, 5.41) is 12.2. The van der Waals surface area contributed by atoms with Crippen molar-refractivity contribution in [3.63, 3.8) is 0 Å². The van der Waals surface area contributed by atoms with Crippen molar-refractivity contribution >= 4 is 23.3 Å². The summed E-state index contributed by atoms with van der Waals surface area (Å²) in [5.41, 5.74) is 0.344. The summed E-state index contributed by atoms with van der Waals surface area (Å²) in [6.45, 7) is 4.91. The average molecular weight is 316 g/mol. The van der Waals surface area contributed by atoms with Crippen molar-refractivity contribution in [2.24, 2.45) is 0 Å². The smallest absolute Gasteiger partial charge is 0.321 e. The molecule has 2 amide bonds. The van der Waals surface area contributed by atoms with E-state index >= 15 is 0 Å². The molecule has 0 radical (unpaired) electrons. The van der Waals surface area contributed by atoms with E-state index in [0.29, 0.717) is 38.4 Å². The number of carbonyl (C=O) groups excluding carboxylic acids is 1. The molecule has 0 aromatic heterocycles. The van der Waals surface area contributed by atoms with Crippen molar-refractivity contribution in [1.29, 1.82) is 0 Å². The van der Waals surface area contributed by atoms with Crippen molar-refractivity contribution in [3.8, 4) is 0 Å². The van der Waals surface area contributed by atoms with Crippen LogP contribution in [-0.2, 0) is 0 Å². The Labute approximate surface area is 128 Å². The van der Waals surface area contributed by atoms with E-state index in [0.717, 1.165) is 0 Å². The Morgan fingerprint density at radius 2 is 2.05 bits per heavy atom. The van der Waals surface area contributed by atoms with E-state index in [-0.39, 0.29) is 17.2 Å². The molecule has 5 nitrogen and oxygen atoms in total. The van der Waals surface area contributed by atoms with E-state index in [2.05, 4.69) is 10.2 Å². The van der Waals surface area contributed by atoms with Crippen LogP contribution in [0.3, 0.4) is 0 Å². The third-order valence-electron chi connectivity index (χ3n) is 3.30. The standard InChI is InChI=1S/C14H19ClFN3O2/c1-10(20)9-18-2-4-19(5-3-18)14(21)17-13-7-11(15)6-12(16)8-13/h6-8,10,20H,2-5,9H2,1H3,(H,17,21)/t10-/m0/s1. The van der Waals surface area contributed by atoms with Crippen molar-refractivity contribution in [1.82, 2.24) is 9.80 Å². The Balaban J connectivity index is 1.87. The fourth-order valence-corrected chi connectivity index (χ4v) is 2.56. The molecule has 7 heteroatoms. The van der Waals surface area contributed by atoms with Gasteiger partial charge in [-0.25, -0.2) is 9.18 Å². The van der Waals surface area contributed by atoms with Crippen LogP contribution >= 0.6 is 11.6 Å². The normalized spacial score (nSPS) is 17.6. The van der Waals surface area contributed by atoms with Gasteiger partial charge >= 0.3 is 6.03 Å². The highest BCUT2D eigenvalue weighted by molar-refractivity contribution is 6.30. The van der Waals surface area contributed by atoms with Gasteiger partial charge in [0.2, 0.25) is 0 Å². The quantitative estimate of drug-likeness (QED) is 0.897. The Hall–Kier alpha value is -1.37. The van der Waals surface area contributed by atoms with E-state index < -0.39 is 5.82 Å². The van der Waals surface area contributed by atoms with Gasteiger partial charge in [0, 0.05) is 43.4 Å². The number of hydrogen-bond donors (Lipinski definition) is 2. The molecular weight excluding hydrogens is 297 g/mol. The molecule has 1 aromatic carbocycles. The molecule has 1 heterocycles. The number of β-amino-alcohol motifs (C(OH)–C–C–N with tert-alkyl or cyclic N) is 1. The number of benzene rings is 1. The fourth-order valence-electron chi connectivity index (χ4n) is 2.34. The van der Waals surface area contributed by atoms with Crippen LogP contribution in [0.1, 0.15) is 6.92 Å². The number of nitrogens with one attached hydrogen (secondary N) is 1. The lowest BCUT2D eigenvalue weighted by Gasteiger charge is -2.35. The lowest BCUT2D eigenvalue weighted by Crippen LogP contribution is -2.51. The van der Waals surface area contributed by atoms with Crippen LogP contribution in [0.4, 0.5) is 14.9 Å². The second kappa shape index (κ2) is 7.06. The van der Waals surface area contributed by atoms with Crippen molar-refractivity contribution in [2.45, 2.75) is 13.0 Å². The summed E-state index contributed by atoms with van der Waals surface area (Å²) in [4.78, 5) is 15.9. The number of piperazine rings is 1. The molecule has 0 bridgehead atoms. The second-order valence-corrected chi connectivity index (χ2v) is 5.66. The summed E-state index contributed by atoms with van der Waals surface area (Å²) in [7, 11) is 0. The molecule has 21 heavy (non-hydrogen) atoms. The largest absolute Gasteiger partial charge is 0.392 e. The lowest BCUT2D eigenvalue weighted by atomic mass is 10.3. The van der Waals surface area contributed by atoms with Crippen molar-refractivity contribution in [3.05, 3.63) is 29.0 Å². The highest BCUT2D eigenvalue weighted by Gasteiger charge is 2.21. The van der Waals surface area contributed by atoms with E-state index in [1.165, 1.54) is 18.2 Å². The maximum Gasteiger partial charge on any atom is 0.321 e. The molecule has 1 fully saturated rings. The van der Waals surface area contributed by atoms with Crippen LogP contribution in [0.5, 0.6) is 0 Å². The molecule has 0 saturated carbocycles. The van der Waals surface area contributed by atoms with Crippen molar-refractivity contribution in [2.75, 3.05) is 38.0 Å². The first-order valence-corrected chi connectivity index (χ1v) is 7.24. The van der Waals surface area contributed by atoms with Crippen LogP contribution in [0.15, 0.2) is 18.2 Å². The van der Waals surface area contributed by atoms with Gasteiger partial charge < -0.3 is 15.3 Å². The van der Waals surface area contributed by atoms with E-state index in [9.17, 15) is 14.3 Å². The number of nitrogens with zero attached hydrogens (tertiary/aromatic N) is 2. The van der Waals surface area contributed by atoms with Gasteiger partial charge in [-0.05, 0) is 25.1 Å². The maximum absolute atomic E-state index is 13.2. The molecule has 116 valence electrons. The number of urea groups is 1. The van der Waals surface area contributed by atoms with Crippen molar-refractivity contribution < 1.29 is 14.3 Å². The first kappa shape index (κ1) is 16.0. The SMILES string of the molecule is C[C@H](O)CN1CCN(C(=O)Nc2cc(F)cc(Cl)c2)CC1. The highest BCUT2D eigenvalue weighted by Crippen LogP contribution is 2.18. The van der Waals surface area contributed by atoms with Gasteiger partial charge in [0.1, 0.15) is 5.82 Å². The minimum absolute atomic E-state index is 0.243. The lowest BCUT2D eigenvalue weighted by molar-refractivity contribution is 0.0924. The van der Waals surface area contributed by atoms with Gasteiger partial charge in [-0.15, -0.1) is 0 Å². The predicted molar refractivity (Wildman–Crippen MR) is 80.1 cm³/mol. The molecule has 1 saturated heterocycles. The summed E-state index contributed by atoms with van der Waals surface area (Å²) in [5.74, 6) is -0.487. The van der Waals surface area contributed by atoms with E-state index in [4.69, 9.17) is 11.6 Å². The van der Waals surface area contributed by atoms with Crippen LogP contribution < -0.4 is 5.32 Å². The van der Waals surface area contributed by atoms with Crippen LogP contribution in [-0.4, -0.2) is 59.8 Å². The van der Waals surface area contributed by atoms with E-state index in [1.54, 1.807) is 11.8 Å². The van der Waals surface area contributed by atoms with Gasteiger partial charge in [-0.2, -0.15) is 0 Å². The number of rotatable bonds is 3. The van der Waals surface area contributed by atoms with Crippen LogP contribution in [0, 0.1) is 5.82 Å². The van der Waals surface area contributed by atoms with Gasteiger partial charge in [0.25, 0.3) is 0 Å². The molecule has 2 rings (SSSR count). The average Bonchev–Trinajstić information content (AvgIpc) is 2.37. The first-order valence-electron chi connectivity index (χ1n) is 6.86. The number of anilines is 1. The Morgan fingerprint density at radius 1 is 1.38 bits per heavy atom. The summed E-state index contributed by atoms with van der Waals surface area (Å²) in [6, 6.07) is 3.65. The first-order chi connectivity index (χ1) is 9.94. The number of hydrogen-bond acceptors (Lipinski definition) is 3. The third-order valence-corrected chi connectivity index (χ3v) is 3.51. The molecule has 1 atom stereocenters. The summed E-state index contributed by atoms with van der Waals surface area (Å²) >= 11 is 5.75. The second-order valence-electron chi connectivity index (χ2n) is 5.22. The zero-order valence-corrected chi connectivity index (χ0v) is 12.6.